The van der Waals surface area contributed by atoms with Gasteiger partial charge < -0.3 is 14.6 Å². The summed E-state index contributed by atoms with van der Waals surface area (Å²) < 4.78 is 5.49. The van der Waals surface area contributed by atoms with Gasteiger partial charge in [-0.05, 0) is 13.0 Å². The van der Waals surface area contributed by atoms with E-state index in [1.165, 1.54) is 0 Å². The third-order valence-electron chi connectivity index (χ3n) is 4.19. The quantitative estimate of drug-likeness (QED) is 0.882. The number of ether oxygens (including phenoxy) is 1. The smallest absolute Gasteiger partial charge is 0.256 e. The number of aromatic amines is 1. The maximum Gasteiger partial charge on any atom is 0.256 e. The molecule has 0 saturated carbocycles. The molecule has 2 heterocycles. The minimum atomic E-state index is -0.224. The van der Waals surface area contributed by atoms with E-state index in [1.807, 2.05) is 25.1 Å². The van der Waals surface area contributed by atoms with Crippen LogP contribution in [0, 0.1) is 6.92 Å². The Morgan fingerprint density at radius 3 is 2.74 bits per heavy atom. The first-order valence-corrected chi connectivity index (χ1v) is 7.78. The lowest BCUT2D eigenvalue weighted by Gasteiger charge is -2.35. The van der Waals surface area contributed by atoms with Crippen LogP contribution in [-0.2, 0) is 4.74 Å². The van der Waals surface area contributed by atoms with Crippen LogP contribution in [0.15, 0.2) is 42.6 Å². The van der Waals surface area contributed by atoms with E-state index in [9.17, 15) is 9.59 Å². The molecule has 1 aliphatic heterocycles. The lowest BCUT2D eigenvalue weighted by atomic mass is 10.0. The van der Waals surface area contributed by atoms with Crippen molar-refractivity contribution in [2.75, 3.05) is 19.8 Å². The van der Waals surface area contributed by atoms with Gasteiger partial charge in [0.25, 0.3) is 5.91 Å². The summed E-state index contributed by atoms with van der Waals surface area (Å²) >= 11 is 0. The Balaban J connectivity index is 1.75. The van der Waals surface area contributed by atoms with Crippen LogP contribution in [0.25, 0.3) is 0 Å². The van der Waals surface area contributed by atoms with Crippen molar-refractivity contribution in [2.24, 2.45) is 0 Å². The molecule has 2 aromatic rings. The molecule has 1 aromatic heterocycles. The summed E-state index contributed by atoms with van der Waals surface area (Å²) in [5.74, 6) is -0.0115. The van der Waals surface area contributed by atoms with E-state index >= 15 is 0 Å². The molecular weight excluding hydrogens is 292 g/mol. The predicted molar refractivity (Wildman–Crippen MR) is 86.6 cm³/mol. The number of carbonyl (C=O) groups is 2. The van der Waals surface area contributed by atoms with E-state index in [0.717, 1.165) is 5.69 Å². The highest BCUT2D eigenvalue weighted by molar-refractivity contribution is 5.98. The van der Waals surface area contributed by atoms with Crippen molar-refractivity contribution in [1.82, 2.24) is 9.88 Å². The minimum Gasteiger partial charge on any atom is -0.377 e. The van der Waals surface area contributed by atoms with Crippen LogP contribution in [0.4, 0.5) is 0 Å². The van der Waals surface area contributed by atoms with Gasteiger partial charge in [-0.15, -0.1) is 0 Å². The minimum absolute atomic E-state index is 0.0321. The number of H-pyrrole nitrogens is 1. The molecule has 3 rings (SSSR count). The van der Waals surface area contributed by atoms with Crippen molar-refractivity contribution in [3.63, 3.8) is 0 Å². The van der Waals surface area contributed by atoms with E-state index in [0.29, 0.717) is 30.9 Å². The molecule has 1 aliphatic rings. The number of aromatic nitrogens is 1. The summed E-state index contributed by atoms with van der Waals surface area (Å²) in [6.07, 6.45) is 2.03. The van der Waals surface area contributed by atoms with Crippen molar-refractivity contribution < 1.29 is 14.3 Å². The normalized spacial score (nSPS) is 18.0. The lowest BCUT2D eigenvalue weighted by Crippen LogP contribution is -2.49. The van der Waals surface area contributed by atoms with Crippen LogP contribution in [0.1, 0.15) is 32.8 Å². The molecule has 0 bridgehead atoms. The van der Waals surface area contributed by atoms with Crippen molar-refractivity contribution >= 4 is 11.7 Å². The van der Waals surface area contributed by atoms with Crippen molar-refractivity contribution in [1.29, 1.82) is 0 Å². The van der Waals surface area contributed by atoms with Gasteiger partial charge in [0.15, 0.2) is 5.78 Å². The number of carbonyl (C=O) groups excluding carboxylic acids is 2. The molecule has 1 atom stereocenters. The average molecular weight is 312 g/mol. The highest BCUT2D eigenvalue weighted by atomic mass is 16.5. The first-order chi connectivity index (χ1) is 11.2. The molecule has 5 nitrogen and oxygen atoms in total. The van der Waals surface area contributed by atoms with Gasteiger partial charge in [-0.2, -0.15) is 0 Å². The number of ketones is 1. The molecule has 0 spiro atoms. The molecule has 1 N–H and O–H groups in total. The molecule has 1 aromatic carbocycles. The molecule has 120 valence electrons. The Kier molecular flexibility index (Phi) is 4.57. The predicted octanol–water partition coefficient (Wildman–Crippen LogP) is 2.44. The van der Waals surface area contributed by atoms with Crippen molar-refractivity contribution in [2.45, 2.75) is 19.4 Å². The van der Waals surface area contributed by atoms with Crippen LogP contribution in [0.2, 0.25) is 0 Å². The zero-order valence-corrected chi connectivity index (χ0v) is 13.1. The number of aryl methyl sites for hydroxylation is 1. The largest absolute Gasteiger partial charge is 0.377 e. The molecule has 0 aliphatic carbocycles. The fourth-order valence-corrected chi connectivity index (χ4v) is 2.89. The summed E-state index contributed by atoms with van der Waals surface area (Å²) in [4.78, 5) is 30.0. The van der Waals surface area contributed by atoms with E-state index in [1.54, 1.807) is 29.3 Å². The molecule has 1 fully saturated rings. The van der Waals surface area contributed by atoms with Gasteiger partial charge in [0.05, 0.1) is 24.8 Å². The zero-order valence-electron chi connectivity index (χ0n) is 13.1. The van der Waals surface area contributed by atoms with Crippen LogP contribution in [0.3, 0.4) is 0 Å². The fraction of sp³-hybridized carbons (Fsp3) is 0.333. The van der Waals surface area contributed by atoms with Crippen molar-refractivity contribution in [3.05, 3.63) is 59.4 Å². The molecule has 5 heteroatoms. The summed E-state index contributed by atoms with van der Waals surface area (Å²) in [6, 6.07) is 10.7. The molecule has 0 unspecified atom stereocenters. The Morgan fingerprint density at radius 1 is 1.26 bits per heavy atom. The van der Waals surface area contributed by atoms with E-state index in [-0.39, 0.29) is 24.2 Å². The number of rotatable bonds is 4. The molecule has 23 heavy (non-hydrogen) atoms. The van der Waals surface area contributed by atoms with E-state index in [2.05, 4.69) is 4.98 Å². The Labute approximate surface area is 135 Å². The monoisotopic (exact) mass is 312 g/mol. The van der Waals surface area contributed by atoms with Gasteiger partial charge >= 0.3 is 0 Å². The number of Topliss-reactive ketones (excluding diaryl/α,β-unsaturated/α-hetero) is 1. The highest BCUT2D eigenvalue weighted by Crippen LogP contribution is 2.18. The van der Waals surface area contributed by atoms with Gasteiger partial charge in [-0.25, -0.2) is 0 Å². The third kappa shape index (κ3) is 3.35. The highest BCUT2D eigenvalue weighted by Gasteiger charge is 2.30. The molecule has 1 amide bonds. The number of nitrogens with zero attached hydrogens (tertiary/aromatic N) is 1. The van der Waals surface area contributed by atoms with Crippen molar-refractivity contribution in [3.8, 4) is 0 Å². The number of benzene rings is 1. The SMILES string of the molecule is Cc1[nH]ccc1C(=O)N1CCOC[C@@H]1CC(=O)c1ccccc1. The van der Waals surface area contributed by atoms with E-state index in [4.69, 9.17) is 4.74 Å². The summed E-state index contributed by atoms with van der Waals surface area (Å²) in [7, 11) is 0. The summed E-state index contributed by atoms with van der Waals surface area (Å²) in [5.41, 5.74) is 2.17. The first kappa shape index (κ1) is 15.5. The standard InChI is InChI=1S/C18H20N2O3/c1-13-16(7-8-19-13)18(22)20-9-10-23-12-15(20)11-17(21)14-5-3-2-4-6-14/h2-8,15,19H,9-12H2,1H3/t15-/m0/s1. The average Bonchev–Trinajstić information content (AvgIpc) is 3.01. The lowest BCUT2D eigenvalue weighted by molar-refractivity contribution is -0.00283. The van der Waals surface area contributed by atoms with Gasteiger partial charge in [0, 0.05) is 30.4 Å². The van der Waals surface area contributed by atoms with E-state index < -0.39 is 0 Å². The first-order valence-electron chi connectivity index (χ1n) is 7.78. The Morgan fingerprint density at radius 2 is 2.04 bits per heavy atom. The zero-order chi connectivity index (χ0) is 16.2. The third-order valence-corrected chi connectivity index (χ3v) is 4.19. The number of morpholine rings is 1. The second kappa shape index (κ2) is 6.79. The topological polar surface area (TPSA) is 62.4 Å². The Hall–Kier alpha value is -2.40. The number of nitrogens with one attached hydrogen (secondary N) is 1. The number of hydrogen-bond acceptors (Lipinski definition) is 3. The van der Waals surface area contributed by atoms with Gasteiger partial charge in [0.2, 0.25) is 0 Å². The summed E-state index contributed by atoms with van der Waals surface area (Å²) in [6.45, 7) is 3.28. The van der Waals surface area contributed by atoms with Crippen LogP contribution in [-0.4, -0.2) is 47.4 Å². The van der Waals surface area contributed by atoms with Gasteiger partial charge in [0.1, 0.15) is 0 Å². The Bertz CT molecular complexity index is 693. The maximum absolute atomic E-state index is 12.7. The molecule has 0 radical (unpaired) electrons. The second-order valence-corrected chi connectivity index (χ2v) is 5.74. The van der Waals surface area contributed by atoms with Crippen LogP contribution >= 0.6 is 0 Å². The molecular formula is C18H20N2O3. The van der Waals surface area contributed by atoms with Gasteiger partial charge in [-0.1, -0.05) is 30.3 Å². The van der Waals surface area contributed by atoms with Gasteiger partial charge in [-0.3, -0.25) is 9.59 Å². The summed E-state index contributed by atoms with van der Waals surface area (Å²) in [5, 5.41) is 0. The van der Waals surface area contributed by atoms with Crippen LogP contribution in [0.5, 0.6) is 0 Å². The number of amides is 1. The maximum atomic E-state index is 12.7. The fourth-order valence-electron chi connectivity index (χ4n) is 2.89. The second-order valence-electron chi connectivity index (χ2n) is 5.74. The number of hydrogen-bond donors (Lipinski definition) is 1. The molecule has 1 saturated heterocycles. The van der Waals surface area contributed by atoms with Crippen LogP contribution < -0.4 is 0 Å².